The zero-order valence-corrected chi connectivity index (χ0v) is 17.7. The summed E-state index contributed by atoms with van der Waals surface area (Å²) in [7, 11) is -3.63. The zero-order chi connectivity index (χ0) is 20.9. The van der Waals surface area contributed by atoms with Gasteiger partial charge in [0.15, 0.2) is 0 Å². The Morgan fingerprint density at radius 2 is 1.69 bits per heavy atom. The predicted molar refractivity (Wildman–Crippen MR) is 118 cm³/mol. The van der Waals surface area contributed by atoms with Gasteiger partial charge in [-0.15, -0.1) is 0 Å². The molecule has 0 radical (unpaired) electrons. The minimum absolute atomic E-state index is 0.116. The van der Waals surface area contributed by atoms with Crippen LogP contribution in [0.4, 0.5) is 5.69 Å². The molecule has 0 aromatic heterocycles. The molecule has 1 aliphatic carbocycles. The predicted octanol–water partition coefficient (Wildman–Crippen LogP) is 4.65. The lowest BCUT2D eigenvalue weighted by Gasteiger charge is -2.34. The van der Waals surface area contributed by atoms with E-state index in [-0.39, 0.29) is 11.9 Å². The van der Waals surface area contributed by atoms with Crippen LogP contribution in [-0.4, -0.2) is 20.4 Å². The van der Waals surface area contributed by atoms with E-state index in [2.05, 4.69) is 23.9 Å². The van der Waals surface area contributed by atoms with E-state index >= 15 is 0 Å². The van der Waals surface area contributed by atoms with Crippen LogP contribution in [-0.2, 0) is 10.0 Å². The van der Waals surface area contributed by atoms with Crippen LogP contribution in [0.3, 0.4) is 0 Å². The molecule has 3 atom stereocenters. The van der Waals surface area contributed by atoms with E-state index < -0.39 is 10.0 Å². The third-order valence-corrected chi connectivity index (χ3v) is 6.68. The fraction of sp³-hybridized carbons (Fsp3) is 0.348. The van der Waals surface area contributed by atoms with Gasteiger partial charge in [0.1, 0.15) is 0 Å². The molecule has 1 saturated carbocycles. The van der Waals surface area contributed by atoms with Crippen molar-refractivity contribution < 1.29 is 13.2 Å². The first-order valence-corrected chi connectivity index (χ1v) is 11.6. The lowest BCUT2D eigenvalue weighted by Crippen LogP contribution is -2.43. The molecule has 1 fully saturated rings. The second-order valence-electron chi connectivity index (χ2n) is 7.79. The minimum atomic E-state index is -3.63. The fourth-order valence-corrected chi connectivity index (χ4v) is 4.53. The Kier molecular flexibility index (Phi) is 6.75. The number of carbonyl (C=O) groups is 1. The molecule has 2 aromatic carbocycles. The Labute approximate surface area is 173 Å². The molecule has 5 nitrogen and oxygen atoms in total. The van der Waals surface area contributed by atoms with E-state index in [0.717, 1.165) is 23.8 Å². The first-order chi connectivity index (χ1) is 13.8. The van der Waals surface area contributed by atoms with Crippen molar-refractivity contribution in [3.63, 3.8) is 0 Å². The molecule has 2 aromatic rings. The van der Waals surface area contributed by atoms with Gasteiger partial charge >= 0.3 is 0 Å². The maximum Gasteiger partial charge on any atom is 0.255 e. The van der Waals surface area contributed by atoms with Gasteiger partial charge in [0.2, 0.25) is 0 Å². The van der Waals surface area contributed by atoms with Gasteiger partial charge < -0.3 is 5.32 Å². The molecular formula is C23H28N2O3S. The number of benzene rings is 2. The topological polar surface area (TPSA) is 75.3 Å². The molecule has 1 amide bonds. The SMILES string of the molecule is C[C@H]1[C@@H](NC(=O)c2ccc(NS(=O)(=O)/C=C/c3ccccc3)cc2)CCC[C@@H]1C. The normalized spacial score (nSPS) is 22.3. The van der Waals surface area contributed by atoms with Crippen molar-refractivity contribution in [1.29, 1.82) is 0 Å². The first-order valence-electron chi connectivity index (χ1n) is 10.0. The minimum Gasteiger partial charge on any atom is -0.349 e. The number of hydrogen-bond acceptors (Lipinski definition) is 3. The number of hydrogen-bond donors (Lipinski definition) is 2. The molecule has 0 unspecified atom stereocenters. The van der Waals surface area contributed by atoms with Crippen LogP contribution in [0.15, 0.2) is 60.0 Å². The highest BCUT2D eigenvalue weighted by Gasteiger charge is 2.28. The van der Waals surface area contributed by atoms with E-state index in [9.17, 15) is 13.2 Å². The Bertz CT molecular complexity index is 953. The number of sulfonamides is 1. The largest absolute Gasteiger partial charge is 0.349 e. The molecular weight excluding hydrogens is 384 g/mol. The summed E-state index contributed by atoms with van der Waals surface area (Å²) in [6.45, 7) is 4.42. The second-order valence-corrected chi connectivity index (χ2v) is 9.35. The van der Waals surface area contributed by atoms with E-state index in [0.29, 0.717) is 23.1 Å². The highest BCUT2D eigenvalue weighted by atomic mass is 32.2. The number of carbonyl (C=O) groups excluding carboxylic acids is 1. The van der Waals surface area contributed by atoms with Crippen LogP contribution in [0, 0.1) is 11.8 Å². The van der Waals surface area contributed by atoms with Crippen molar-refractivity contribution in [1.82, 2.24) is 5.32 Å². The average Bonchev–Trinajstić information content (AvgIpc) is 2.71. The number of nitrogens with one attached hydrogen (secondary N) is 2. The van der Waals surface area contributed by atoms with Gasteiger partial charge in [-0.25, -0.2) is 8.42 Å². The lowest BCUT2D eigenvalue weighted by atomic mass is 9.78. The molecule has 0 saturated heterocycles. The quantitative estimate of drug-likeness (QED) is 0.725. The Hall–Kier alpha value is -2.60. The second kappa shape index (κ2) is 9.27. The van der Waals surface area contributed by atoms with Gasteiger partial charge in [-0.3, -0.25) is 9.52 Å². The summed E-state index contributed by atoms with van der Waals surface area (Å²) in [6.07, 6.45) is 4.88. The lowest BCUT2D eigenvalue weighted by molar-refractivity contribution is 0.0891. The summed E-state index contributed by atoms with van der Waals surface area (Å²) in [5, 5.41) is 4.27. The van der Waals surface area contributed by atoms with Crippen LogP contribution in [0.25, 0.3) is 6.08 Å². The molecule has 2 N–H and O–H groups in total. The zero-order valence-electron chi connectivity index (χ0n) is 16.8. The van der Waals surface area contributed by atoms with E-state index in [1.54, 1.807) is 24.3 Å². The summed E-state index contributed by atoms with van der Waals surface area (Å²) < 4.78 is 27.0. The third kappa shape index (κ3) is 5.94. The summed E-state index contributed by atoms with van der Waals surface area (Å²) in [6, 6.07) is 15.9. The molecule has 0 spiro atoms. The highest BCUT2D eigenvalue weighted by molar-refractivity contribution is 7.95. The third-order valence-electron chi connectivity index (χ3n) is 5.67. The number of amides is 1. The van der Waals surface area contributed by atoms with Gasteiger partial charge in [0.25, 0.3) is 15.9 Å². The number of rotatable bonds is 6. The summed E-state index contributed by atoms with van der Waals surface area (Å²) in [4.78, 5) is 12.6. The molecule has 3 rings (SSSR count). The van der Waals surface area contributed by atoms with Gasteiger partial charge in [-0.1, -0.05) is 57.0 Å². The molecule has 0 bridgehead atoms. The van der Waals surface area contributed by atoms with Crippen LogP contribution in [0.5, 0.6) is 0 Å². The molecule has 1 aliphatic rings. The van der Waals surface area contributed by atoms with Crippen molar-refractivity contribution in [3.05, 3.63) is 71.1 Å². The van der Waals surface area contributed by atoms with E-state index in [1.807, 2.05) is 30.3 Å². The van der Waals surface area contributed by atoms with Gasteiger partial charge in [0, 0.05) is 17.3 Å². The van der Waals surface area contributed by atoms with Crippen molar-refractivity contribution in [3.8, 4) is 0 Å². The van der Waals surface area contributed by atoms with Gasteiger partial charge in [-0.2, -0.15) is 0 Å². The monoisotopic (exact) mass is 412 g/mol. The molecule has 29 heavy (non-hydrogen) atoms. The van der Waals surface area contributed by atoms with Crippen LogP contribution in [0.2, 0.25) is 0 Å². The van der Waals surface area contributed by atoms with Crippen molar-refractivity contribution in [2.24, 2.45) is 11.8 Å². The van der Waals surface area contributed by atoms with Gasteiger partial charge in [0.05, 0.1) is 5.41 Å². The maximum absolute atomic E-state index is 12.6. The first kappa shape index (κ1) is 21.1. The molecule has 0 aliphatic heterocycles. The summed E-state index contributed by atoms with van der Waals surface area (Å²) >= 11 is 0. The van der Waals surface area contributed by atoms with E-state index in [1.165, 1.54) is 12.5 Å². The number of anilines is 1. The standard InChI is InChI=1S/C23H28N2O3S/c1-17-7-6-10-22(18(17)2)24-23(26)20-11-13-21(14-12-20)25-29(27,28)16-15-19-8-4-3-5-9-19/h3-5,8-9,11-18,22,25H,6-7,10H2,1-2H3,(H,24,26)/b16-15+/t17-,18+,22-/m0/s1. The molecule has 154 valence electrons. The van der Waals surface area contributed by atoms with Crippen LogP contribution >= 0.6 is 0 Å². The van der Waals surface area contributed by atoms with Crippen molar-refractivity contribution in [2.75, 3.05) is 4.72 Å². The smallest absolute Gasteiger partial charge is 0.255 e. The fourth-order valence-electron chi connectivity index (χ4n) is 3.66. The maximum atomic E-state index is 12.6. The summed E-state index contributed by atoms with van der Waals surface area (Å²) in [5.74, 6) is 0.944. The molecule has 6 heteroatoms. The van der Waals surface area contributed by atoms with E-state index in [4.69, 9.17) is 0 Å². The van der Waals surface area contributed by atoms with Crippen molar-refractivity contribution >= 4 is 27.7 Å². The Morgan fingerprint density at radius 1 is 1.00 bits per heavy atom. The van der Waals surface area contributed by atoms with Crippen LogP contribution < -0.4 is 10.0 Å². The Morgan fingerprint density at radius 3 is 2.38 bits per heavy atom. The highest BCUT2D eigenvalue weighted by Crippen LogP contribution is 2.29. The Balaban J connectivity index is 1.60. The van der Waals surface area contributed by atoms with Crippen LogP contribution in [0.1, 0.15) is 49.0 Å². The summed E-state index contributed by atoms with van der Waals surface area (Å²) in [5.41, 5.74) is 1.74. The average molecular weight is 413 g/mol. The van der Waals surface area contributed by atoms with Gasteiger partial charge in [-0.05, 0) is 54.2 Å². The molecule has 0 heterocycles. The van der Waals surface area contributed by atoms with Crippen molar-refractivity contribution in [2.45, 2.75) is 39.2 Å².